The molecule has 0 amide bonds. The third kappa shape index (κ3) is 3.99. The molecule has 0 aliphatic rings. The van der Waals surface area contributed by atoms with Crippen molar-refractivity contribution < 1.29 is 13.9 Å². The molecule has 0 bridgehead atoms. The first-order chi connectivity index (χ1) is 12.1. The van der Waals surface area contributed by atoms with Gasteiger partial charge in [0, 0.05) is 38.3 Å². The number of aromatic nitrogens is 1. The van der Waals surface area contributed by atoms with E-state index in [9.17, 15) is 9.18 Å². The van der Waals surface area contributed by atoms with Crippen molar-refractivity contribution in [2.24, 2.45) is 0 Å². The summed E-state index contributed by atoms with van der Waals surface area (Å²) in [6.07, 6.45) is 1.90. The van der Waals surface area contributed by atoms with Crippen LogP contribution in [0, 0.1) is 5.82 Å². The Hall–Kier alpha value is -1.98. The van der Waals surface area contributed by atoms with E-state index in [0.29, 0.717) is 22.9 Å². The van der Waals surface area contributed by atoms with E-state index in [4.69, 9.17) is 16.3 Å². The van der Waals surface area contributed by atoms with Crippen LogP contribution >= 0.6 is 23.4 Å². The number of ether oxygens (including phenoxy) is 1. The van der Waals surface area contributed by atoms with Crippen molar-refractivity contribution in [2.75, 3.05) is 6.61 Å². The molecule has 130 valence electrons. The van der Waals surface area contributed by atoms with Crippen molar-refractivity contribution in [1.29, 1.82) is 0 Å². The molecule has 0 saturated carbocycles. The molecule has 0 unspecified atom stereocenters. The summed E-state index contributed by atoms with van der Waals surface area (Å²) in [4.78, 5) is 12.8. The van der Waals surface area contributed by atoms with Crippen LogP contribution in [0.3, 0.4) is 0 Å². The van der Waals surface area contributed by atoms with E-state index in [1.807, 2.05) is 35.0 Å². The summed E-state index contributed by atoms with van der Waals surface area (Å²) in [6.45, 7) is 2.28. The zero-order valence-electron chi connectivity index (χ0n) is 13.7. The predicted molar refractivity (Wildman–Crippen MR) is 99.5 cm³/mol. The van der Waals surface area contributed by atoms with Crippen molar-refractivity contribution in [3.05, 3.63) is 65.1 Å². The van der Waals surface area contributed by atoms with Crippen molar-refractivity contribution >= 4 is 40.2 Å². The summed E-state index contributed by atoms with van der Waals surface area (Å²) in [5.41, 5.74) is 1.43. The van der Waals surface area contributed by atoms with Gasteiger partial charge in [-0.05, 0) is 25.1 Å². The van der Waals surface area contributed by atoms with E-state index in [1.165, 1.54) is 17.8 Å². The third-order valence-corrected chi connectivity index (χ3v) is 5.21. The van der Waals surface area contributed by atoms with E-state index < -0.39 is 0 Å². The molecule has 0 radical (unpaired) electrons. The van der Waals surface area contributed by atoms with Gasteiger partial charge in [-0.3, -0.25) is 4.79 Å². The fourth-order valence-corrected chi connectivity index (χ4v) is 4.06. The fourth-order valence-electron chi connectivity index (χ4n) is 2.62. The minimum Gasteiger partial charge on any atom is -0.465 e. The van der Waals surface area contributed by atoms with E-state index in [0.717, 1.165) is 15.8 Å². The summed E-state index contributed by atoms with van der Waals surface area (Å²) in [7, 11) is 0. The van der Waals surface area contributed by atoms with Gasteiger partial charge in [0.05, 0.1) is 6.61 Å². The third-order valence-electron chi connectivity index (χ3n) is 3.79. The lowest BCUT2D eigenvalue weighted by atomic mass is 10.2. The number of halogens is 2. The summed E-state index contributed by atoms with van der Waals surface area (Å²) in [5.74, 6) is -0.175. The minimum absolute atomic E-state index is 0.148. The van der Waals surface area contributed by atoms with Crippen molar-refractivity contribution in [3.63, 3.8) is 0 Å². The average molecular weight is 378 g/mol. The van der Waals surface area contributed by atoms with Gasteiger partial charge in [0.1, 0.15) is 12.4 Å². The Labute approximate surface area is 154 Å². The highest BCUT2D eigenvalue weighted by Gasteiger charge is 2.14. The highest BCUT2D eigenvalue weighted by molar-refractivity contribution is 7.98. The van der Waals surface area contributed by atoms with Gasteiger partial charge in [-0.2, -0.15) is 0 Å². The molecule has 1 heterocycles. The number of para-hydroxylation sites is 1. The van der Waals surface area contributed by atoms with Gasteiger partial charge in [0.25, 0.3) is 0 Å². The smallest absolute Gasteiger partial charge is 0.325 e. The van der Waals surface area contributed by atoms with Gasteiger partial charge in [0.2, 0.25) is 0 Å². The van der Waals surface area contributed by atoms with Crippen LogP contribution in [0.4, 0.5) is 4.39 Å². The fraction of sp³-hybridized carbons (Fsp3) is 0.211. The number of carbonyl (C=O) groups is 1. The maximum Gasteiger partial charge on any atom is 0.325 e. The first-order valence-electron chi connectivity index (χ1n) is 7.89. The topological polar surface area (TPSA) is 31.2 Å². The summed E-state index contributed by atoms with van der Waals surface area (Å²) in [6, 6.07) is 12.5. The Kier molecular flexibility index (Phi) is 5.66. The first kappa shape index (κ1) is 17.8. The molecule has 3 rings (SSSR count). The Balaban J connectivity index is 1.88. The minimum atomic E-state index is -0.310. The van der Waals surface area contributed by atoms with Crippen molar-refractivity contribution in [3.8, 4) is 0 Å². The summed E-state index contributed by atoms with van der Waals surface area (Å²) >= 11 is 7.60. The molecule has 0 saturated heterocycles. The number of thioether (sulfide) groups is 1. The van der Waals surface area contributed by atoms with E-state index >= 15 is 0 Å². The second-order valence-electron chi connectivity index (χ2n) is 5.43. The normalized spacial score (nSPS) is 11.0. The lowest BCUT2D eigenvalue weighted by Gasteiger charge is -2.05. The molecule has 6 heteroatoms. The number of hydrogen-bond donors (Lipinski definition) is 0. The van der Waals surface area contributed by atoms with Crippen LogP contribution in [-0.4, -0.2) is 17.1 Å². The van der Waals surface area contributed by atoms with Crippen molar-refractivity contribution in [1.82, 2.24) is 4.57 Å². The molecular formula is C19H17ClFNO2S. The zero-order chi connectivity index (χ0) is 17.8. The molecule has 0 aliphatic heterocycles. The Morgan fingerprint density at radius 2 is 2.04 bits per heavy atom. The molecule has 1 aromatic heterocycles. The van der Waals surface area contributed by atoms with Crippen molar-refractivity contribution in [2.45, 2.75) is 24.1 Å². The standard InChI is InChI=1S/C19H17ClFNO2S/c1-2-24-19(23)11-22-10-18(13-6-3-4-9-17(13)22)25-12-14-15(20)7-5-8-16(14)21/h3-10H,2,11-12H2,1H3. The second kappa shape index (κ2) is 7.93. The second-order valence-corrected chi connectivity index (χ2v) is 6.86. The number of fused-ring (bicyclic) bond motifs is 1. The summed E-state index contributed by atoms with van der Waals surface area (Å²) in [5, 5.41) is 1.44. The molecular weight excluding hydrogens is 361 g/mol. The van der Waals surface area contributed by atoms with E-state index in [2.05, 4.69) is 0 Å². The molecule has 0 atom stereocenters. The molecule has 2 aromatic carbocycles. The van der Waals surface area contributed by atoms with Crippen LogP contribution < -0.4 is 0 Å². The van der Waals surface area contributed by atoms with Gasteiger partial charge < -0.3 is 9.30 Å². The average Bonchev–Trinajstić information content (AvgIpc) is 2.93. The van der Waals surface area contributed by atoms with E-state index in [1.54, 1.807) is 19.1 Å². The van der Waals surface area contributed by atoms with Gasteiger partial charge in [0.15, 0.2) is 0 Å². The van der Waals surface area contributed by atoms with E-state index in [-0.39, 0.29) is 18.3 Å². The molecule has 25 heavy (non-hydrogen) atoms. The molecule has 0 spiro atoms. The van der Waals surface area contributed by atoms with Crippen LogP contribution in [0.15, 0.2) is 53.6 Å². The predicted octanol–water partition coefficient (Wildman–Crippen LogP) is 5.29. The number of nitrogens with zero attached hydrogens (tertiary/aromatic N) is 1. The first-order valence-corrected chi connectivity index (χ1v) is 9.25. The lowest BCUT2D eigenvalue weighted by molar-refractivity contribution is -0.143. The zero-order valence-corrected chi connectivity index (χ0v) is 15.2. The lowest BCUT2D eigenvalue weighted by Crippen LogP contribution is -2.12. The van der Waals surface area contributed by atoms with Gasteiger partial charge in [-0.1, -0.05) is 35.9 Å². The Bertz CT molecular complexity index is 889. The highest BCUT2D eigenvalue weighted by Crippen LogP contribution is 2.34. The van der Waals surface area contributed by atoms with Crippen LogP contribution in [0.1, 0.15) is 12.5 Å². The molecule has 0 N–H and O–H groups in total. The van der Waals surface area contributed by atoms with Gasteiger partial charge >= 0.3 is 5.97 Å². The molecule has 0 aliphatic carbocycles. The Morgan fingerprint density at radius 1 is 1.24 bits per heavy atom. The van der Waals surface area contributed by atoms with Crippen LogP contribution in [-0.2, 0) is 21.8 Å². The number of esters is 1. The number of carbonyl (C=O) groups excluding carboxylic acids is 1. The van der Waals surface area contributed by atoms with Crippen LogP contribution in [0.25, 0.3) is 10.9 Å². The molecule has 3 aromatic rings. The molecule has 0 fully saturated rings. The number of hydrogen-bond acceptors (Lipinski definition) is 3. The quantitative estimate of drug-likeness (QED) is 0.432. The SMILES string of the molecule is CCOC(=O)Cn1cc(SCc2c(F)cccc2Cl)c2ccccc21. The number of benzene rings is 2. The van der Waals surface area contributed by atoms with Crippen LogP contribution in [0.2, 0.25) is 5.02 Å². The maximum atomic E-state index is 14.0. The maximum absolute atomic E-state index is 14.0. The largest absolute Gasteiger partial charge is 0.465 e. The van der Waals surface area contributed by atoms with Gasteiger partial charge in [-0.25, -0.2) is 4.39 Å². The number of rotatable bonds is 6. The van der Waals surface area contributed by atoms with Crippen LogP contribution in [0.5, 0.6) is 0 Å². The van der Waals surface area contributed by atoms with Gasteiger partial charge in [-0.15, -0.1) is 11.8 Å². The summed E-state index contributed by atoms with van der Waals surface area (Å²) < 4.78 is 20.9. The monoisotopic (exact) mass is 377 g/mol. The Morgan fingerprint density at radius 3 is 2.80 bits per heavy atom. The molecule has 3 nitrogen and oxygen atoms in total. The highest BCUT2D eigenvalue weighted by atomic mass is 35.5.